The van der Waals surface area contributed by atoms with Crippen molar-refractivity contribution >= 4 is 11.8 Å². The van der Waals surface area contributed by atoms with Crippen LogP contribution in [0.25, 0.3) is 0 Å². The van der Waals surface area contributed by atoms with Gasteiger partial charge in [-0.15, -0.1) is 0 Å². The SMILES string of the molecule is CC1=CC(=O)N(C(C)C(C)(C)C)C1=O. The van der Waals surface area contributed by atoms with Crippen LogP contribution in [0.15, 0.2) is 11.6 Å². The summed E-state index contributed by atoms with van der Waals surface area (Å²) in [5.41, 5.74) is 0.454. The van der Waals surface area contributed by atoms with Crippen LogP contribution in [0.3, 0.4) is 0 Å². The maximum Gasteiger partial charge on any atom is 0.256 e. The van der Waals surface area contributed by atoms with Gasteiger partial charge in [0.25, 0.3) is 11.8 Å². The molecule has 1 heterocycles. The van der Waals surface area contributed by atoms with Crippen LogP contribution >= 0.6 is 0 Å². The predicted octanol–water partition coefficient (Wildman–Crippen LogP) is 1.74. The fourth-order valence-corrected chi connectivity index (χ4v) is 1.36. The van der Waals surface area contributed by atoms with Crippen LogP contribution in [-0.4, -0.2) is 22.8 Å². The molecule has 0 saturated carbocycles. The number of hydrogen-bond acceptors (Lipinski definition) is 2. The Balaban J connectivity index is 2.93. The van der Waals surface area contributed by atoms with E-state index in [1.54, 1.807) is 6.92 Å². The summed E-state index contributed by atoms with van der Waals surface area (Å²) in [5.74, 6) is -0.340. The van der Waals surface area contributed by atoms with Crippen molar-refractivity contribution in [1.82, 2.24) is 4.90 Å². The lowest BCUT2D eigenvalue weighted by Gasteiger charge is -2.33. The van der Waals surface area contributed by atoms with Gasteiger partial charge in [-0.2, -0.15) is 0 Å². The first-order chi connectivity index (χ1) is 6.25. The zero-order chi connectivity index (χ0) is 11.1. The molecule has 0 spiro atoms. The summed E-state index contributed by atoms with van der Waals surface area (Å²) in [5, 5.41) is 0. The van der Waals surface area contributed by atoms with Gasteiger partial charge in [0, 0.05) is 17.7 Å². The van der Waals surface area contributed by atoms with Gasteiger partial charge in [0.2, 0.25) is 0 Å². The van der Waals surface area contributed by atoms with Crippen LogP contribution in [0, 0.1) is 5.41 Å². The molecule has 3 nitrogen and oxygen atoms in total. The van der Waals surface area contributed by atoms with Crippen LogP contribution in [-0.2, 0) is 9.59 Å². The van der Waals surface area contributed by atoms with Crippen molar-refractivity contribution in [3.05, 3.63) is 11.6 Å². The fourth-order valence-electron chi connectivity index (χ4n) is 1.36. The third-order valence-corrected chi connectivity index (χ3v) is 2.77. The maximum atomic E-state index is 11.6. The Hall–Kier alpha value is -1.12. The average molecular weight is 195 g/mol. The van der Waals surface area contributed by atoms with Crippen LogP contribution in [0.1, 0.15) is 34.6 Å². The van der Waals surface area contributed by atoms with Gasteiger partial charge in [-0.3, -0.25) is 14.5 Å². The van der Waals surface area contributed by atoms with Gasteiger partial charge in [0.05, 0.1) is 0 Å². The van der Waals surface area contributed by atoms with E-state index in [-0.39, 0.29) is 23.3 Å². The molecule has 0 aromatic heterocycles. The Morgan fingerprint density at radius 1 is 1.29 bits per heavy atom. The van der Waals surface area contributed by atoms with Crippen LogP contribution < -0.4 is 0 Å². The average Bonchev–Trinajstić information content (AvgIpc) is 2.24. The summed E-state index contributed by atoms with van der Waals surface area (Å²) in [7, 11) is 0. The highest BCUT2D eigenvalue weighted by atomic mass is 16.2. The Morgan fingerprint density at radius 2 is 1.79 bits per heavy atom. The topological polar surface area (TPSA) is 37.4 Å². The van der Waals surface area contributed by atoms with Gasteiger partial charge in [0.15, 0.2) is 0 Å². The molecule has 0 bridgehead atoms. The molecule has 0 radical (unpaired) electrons. The molecule has 1 rings (SSSR count). The molecule has 1 atom stereocenters. The highest BCUT2D eigenvalue weighted by molar-refractivity contribution is 6.16. The summed E-state index contributed by atoms with van der Waals surface area (Å²) < 4.78 is 0. The lowest BCUT2D eigenvalue weighted by atomic mass is 9.87. The minimum Gasteiger partial charge on any atom is -0.272 e. The molecular weight excluding hydrogens is 178 g/mol. The Labute approximate surface area is 84.8 Å². The molecule has 1 aliphatic heterocycles. The lowest BCUT2D eigenvalue weighted by Crippen LogP contribution is -2.45. The third kappa shape index (κ3) is 1.72. The molecule has 14 heavy (non-hydrogen) atoms. The van der Waals surface area contributed by atoms with E-state index in [4.69, 9.17) is 0 Å². The quantitative estimate of drug-likeness (QED) is 0.598. The number of carbonyl (C=O) groups is 2. The highest BCUT2D eigenvalue weighted by Gasteiger charge is 2.37. The van der Waals surface area contributed by atoms with Crippen molar-refractivity contribution in [1.29, 1.82) is 0 Å². The molecule has 1 unspecified atom stereocenters. The van der Waals surface area contributed by atoms with Gasteiger partial charge < -0.3 is 0 Å². The van der Waals surface area contributed by atoms with E-state index in [9.17, 15) is 9.59 Å². The molecule has 3 heteroatoms. The Bertz CT molecular complexity index is 310. The molecule has 0 aliphatic carbocycles. The second kappa shape index (κ2) is 3.23. The Kier molecular flexibility index (Phi) is 2.52. The van der Waals surface area contributed by atoms with Crippen LogP contribution in [0.2, 0.25) is 0 Å². The minimum absolute atomic E-state index is 0.0730. The number of amides is 2. The minimum atomic E-state index is -0.185. The monoisotopic (exact) mass is 195 g/mol. The number of imide groups is 1. The van der Waals surface area contributed by atoms with Crippen molar-refractivity contribution < 1.29 is 9.59 Å². The number of hydrogen-bond donors (Lipinski definition) is 0. The summed E-state index contributed by atoms with van der Waals surface area (Å²) in [6, 6.07) is -0.0730. The number of rotatable bonds is 1. The molecule has 1 aliphatic rings. The lowest BCUT2D eigenvalue weighted by molar-refractivity contribution is -0.141. The van der Waals surface area contributed by atoms with Crippen molar-refractivity contribution in [2.24, 2.45) is 5.41 Å². The molecule has 0 fully saturated rings. The maximum absolute atomic E-state index is 11.6. The molecule has 78 valence electrons. The van der Waals surface area contributed by atoms with Gasteiger partial charge >= 0.3 is 0 Å². The second-order valence-corrected chi connectivity index (χ2v) is 4.88. The summed E-state index contributed by atoms with van der Waals surface area (Å²) in [4.78, 5) is 24.5. The summed E-state index contributed by atoms with van der Waals surface area (Å²) in [6.07, 6.45) is 1.41. The first-order valence-corrected chi connectivity index (χ1v) is 4.81. The van der Waals surface area contributed by atoms with E-state index < -0.39 is 0 Å². The second-order valence-electron chi connectivity index (χ2n) is 4.88. The first-order valence-electron chi connectivity index (χ1n) is 4.81. The predicted molar refractivity (Wildman–Crippen MR) is 54.5 cm³/mol. The van der Waals surface area contributed by atoms with E-state index in [0.717, 1.165) is 0 Å². The molecule has 0 aromatic carbocycles. The molecular formula is C11H17NO2. The van der Waals surface area contributed by atoms with Crippen molar-refractivity contribution in [3.8, 4) is 0 Å². The van der Waals surface area contributed by atoms with Crippen molar-refractivity contribution in [2.75, 3.05) is 0 Å². The zero-order valence-corrected chi connectivity index (χ0v) is 9.42. The number of nitrogens with zero attached hydrogens (tertiary/aromatic N) is 1. The van der Waals surface area contributed by atoms with E-state index >= 15 is 0 Å². The normalized spacial score (nSPS) is 20.1. The Morgan fingerprint density at radius 3 is 2.07 bits per heavy atom. The fraction of sp³-hybridized carbons (Fsp3) is 0.636. The van der Waals surface area contributed by atoms with Gasteiger partial charge in [-0.05, 0) is 19.3 Å². The summed E-state index contributed by atoms with van der Waals surface area (Å²) >= 11 is 0. The van der Waals surface area contributed by atoms with E-state index in [1.165, 1.54) is 11.0 Å². The van der Waals surface area contributed by atoms with Crippen molar-refractivity contribution in [2.45, 2.75) is 40.7 Å². The molecule has 2 amide bonds. The van der Waals surface area contributed by atoms with Gasteiger partial charge in [0.1, 0.15) is 0 Å². The third-order valence-electron chi connectivity index (χ3n) is 2.77. The first kappa shape index (κ1) is 11.0. The molecule has 0 saturated heterocycles. The van der Waals surface area contributed by atoms with Crippen molar-refractivity contribution in [3.63, 3.8) is 0 Å². The van der Waals surface area contributed by atoms with Crippen LogP contribution in [0.4, 0.5) is 0 Å². The standard InChI is InChI=1S/C11H17NO2/c1-7-6-9(13)12(10(7)14)8(2)11(3,4)5/h6,8H,1-5H3. The largest absolute Gasteiger partial charge is 0.272 e. The van der Waals surface area contributed by atoms with Gasteiger partial charge in [-0.1, -0.05) is 20.8 Å². The van der Waals surface area contributed by atoms with Crippen LogP contribution in [0.5, 0.6) is 0 Å². The molecule has 0 N–H and O–H groups in total. The highest BCUT2D eigenvalue weighted by Crippen LogP contribution is 2.27. The van der Waals surface area contributed by atoms with Gasteiger partial charge in [-0.25, -0.2) is 0 Å². The van der Waals surface area contributed by atoms with E-state index in [0.29, 0.717) is 5.57 Å². The summed E-state index contributed by atoms with van der Waals surface area (Å²) in [6.45, 7) is 9.64. The number of carbonyl (C=O) groups excluding carboxylic acids is 2. The van der Waals surface area contributed by atoms with E-state index in [2.05, 4.69) is 0 Å². The van der Waals surface area contributed by atoms with E-state index in [1.807, 2.05) is 27.7 Å². The molecule has 0 aromatic rings. The smallest absolute Gasteiger partial charge is 0.256 e. The zero-order valence-electron chi connectivity index (χ0n) is 9.42.